The Bertz CT molecular complexity index is 1400. The molecule has 1 spiro atoms. The van der Waals surface area contributed by atoms with Crippen LogP contribution in [0, 0.1) is 17.7 Å². The molecule has 3 aromatic rings. The Morgan fingerprint density at radius 3 is 2.03 bits per heavy atom. The van der Waals surface area contributed by atoms with E-state index in [1.54, 1.807) is 36.4 Å². The number of fused-ring (bicyclic) bond motifs is 3. The number of benzene rings is 3. The molecule has 0 aromatic heterocycles. The Labute approximate surface area is 199 Å². The van der Waals surface area contributed by atoms with E-state index in [0.717, 1.165) is 11.0 Å². The van der Waals surface area contributed by atoms with Crippen LogP contribution in [-0.2, 0) is 14.3 Å². The number of carbonyl (C=O) groups excluding carboxylic acids is 4. The van der Waals surface area contributed by atoms with E-state index in [0.29, 0.717) is 11.3 Å². The number of para-hydroxylation sites is 1. The zero-order valence-corrected chi connectivity index (χ0v) is 18.4. The van der Waals surface area contributed by atoms with E-state index in [2.05, 4.69) is 0 Å². The van der Waals surface area contributed by atoms with E-state index in [1.165, 1.54) is 37.4 Å². The fraction of sp³-hybridized carbons (Fsp3) is 0.185. The minimum Gasteiger partial charge on any atom is -0.497 e. The summed E-state index contributed by atoms with van der Waals surface area (Å²) in [5, 5.41) is 0. The molecule has 6 rings (SSSR count). The molecule has 8 heteroatoms. The summed E-state index contributed by atoms with van der Waals surface area (Å²) >= 11 is 0. The number of hydrogen-bond donors (Lipinski definition) is 0. The van der Waals surface area contributed by atoms with Gasteiger partial charge in [0.05, 0.1) is 30.7 Å². The fourth-order valence-electron chi connectivity index (χ4n) is 5.48. The normalized spacial score (nSPS) is 24.3. The number of rotatable bonds is 3. The lowest BCUT2D eigenvalue weighted by molar-refractivity contribution is -0.127. The van der Waals surface area contributed by atoms with Gasteiger partial charge < -0.3 is 9.47 Å². The second-order valence-electron chi connectivity index (χ2n) is 8.72. The van der Waals surface area contributed by atoms with Crippen molar-refractivity contribution < 1.29 is 33.0 Å². The molecule has 2 amide bonds. The Morgan fingerprint density at radius 1 is 0.829 bits per heavy atom. The lowest BCUT2D eigenvalue weighted by Gasteiger charge is -2.27. The molecular formula is C27H18FNO6. The maximum absolute atomic E-state index is 14.7. The average Bonchev–Trinajstić information content (AvgIpc) is 3.45. The molecular weight excluding hydrogens is 453 g/mol. The van der Waals surface area contributed by atoms with Gasteiger partial charge >= 0.3 is 0 Å². The second kappa shape index (κ2) is 7.41. The van der Waals surface area contributed by atoms with Gasteiger partial charge in [0.1, 0.15) is 11.6 Å². The number of anilines is 1. The van der Waals surface area contributed by atoms with Crippen molar-refractivity contribution in [2.24, 2.45) is 11.8 Å². The number of nitrogens with zero attached hydrogens (tertiary/aromatic N) is 1. The number of halogens is 1. The van der Waals surface area contributed by atoms with Crippen LogP contribution in [0.3, 0.4) is 0 Å². The third-order valence-electron chi connectivity index (χ3n) is 7.06. The van der Waals surface area contributed by atoms with Crippen LogP contribution in [0.1, 0.15) is 32.4 Å². The predicted molar refractivity (Wildman–Crippen MR) is 121 cm³/mol. The van der Waals surface area contributed by atoms with Crippen molar-refractivity contribution in [2.45, 2.75) is 11.7 Å². The van der Waals surface area contributed by atoms with Crippen LogP contribution in [0.5, 0.6) is 5.75 Å². The lowest BCUT2D eigenvalue weighted by atomic mass is 9.77. The van der Waals surface area contributed by atoms with E-state index < -0.39 is 52.7 Å². The van der Waals surface area contributed by atoms with Crippen molar-refractivity contribution in [3.05, 3.63) is 95.3 Å². The third kappa shape index (κ3) is 2.68. The molecule has 3 aliphatic rings. The number of carbonyl (C=O) groups is 4. The maximum Gasteiger partial charge on any atom is 0.241 e. The first-order valence-electron chi connectivity index (χ1n) is 11.0. The summed E-state index contributed by atoms with van der Waals surface area (Å²) in [6, 6.07) is 18.2. The fourth-order valence-corrected chi connectivity index (χ4v) is 5.48. The molecule has 3 aromatic carbocycles. The summed E-state index contributed by atoms with van der Waals surface area (Å²) in [6.45, 7) is 0. The van der Waals surface area contributed by atoms with Gasteiger partial charge in [-0.3, -0.25) is 19.2 Å². The quantitative estimate of drug-likeness (QED) is 0.429. The SMILES string of the molecule is COc1ccc([C@@H]2OC3(C(=O)c4ccccc4C3=O)[C@H]3C(=O)N(c4ccccc4F)C(=O)[C@@H]23)cc1. The molecule has 2 saturated heterocycles. The molecule has 0 unspecified atom stereocenters. The zero-order chi connectivity index (χ0) is 24.5. The van der Waals surface area contributed by atoms with Crippen molar-refractivity contribution >= 4 is 29.1 Å². The summed E-state index contributed by atoms with van der Waals surface area (Å²) < 4.78 is 26.1. The molecule has 0 bridgehead atoms. The van der Waals surface area contributed by atoms with Crippen LogP contribution in [0.2, 0.25) is 0 Å². The molecule has 174 valence electrons. The maximum atomic E-state index is 14.7. The number of imide groups is 1. The van der Waals surface area contributed by atoms with Gasteiger partial charge in [0.2, 0.25) is 29.0 Å². The first kappa shape index (κ1) is 21.4. The monoisotopic (exact) mass is 471 g/mol. The van der Waals surface area contributed by atoms with Crippen molar-refractivity contribution in [1.29, 1.82) is 0 Å². The number of ketones is 2. The summed E-state index contributed by atoms with van der Waals surface area (Å²) in [6.07, 6.45) is -1.08. The Kier molecular flexibility index (Phi) is 4.53. The van der Waals surface area contributed by atoms with E-state index in [9.17, 15) is 23.6 Å². The highest BCUT2D eigenvalue weighted by Gasteiger charge is 2.74. The van der Waals surface area contributed by atoms with Gasteiger partial charge in [-0.15, -0.1) is 0 Å². The van der Waals surface area contributed by atoms with E-state index in [1.807, 2.05) is 0 Å². The van der Waals surface area contributed by atoms with Crippen molar-refractivity contribution in [2.75, 3.05) is 12.0 Å². The van der Waals surface area contributed by atoms with Crippen LogP contribution < -0.4 is 9.64 Å². The first-order chi connectivity index (χ1) is 16.9. The second-order valence-corrected chi connectivity index (χ2v) is 8.72. The summed E-state index contributed by atoms with van der Waals surface area (Å²) in [7, 11) is 1.50. The standard InChI is InChI=1S/C27H18FNO6/c1-34-15-12-10-14(11-13-15)22-20-21(26(33)29(25(20)32)19-9-5-4-8-18(19)28)27(35-22)23(30)16-6-2-3-7-17(16)24(27)31/h2-13,20-22H,1H3/t20-,21-,22+/m1/s1. The van der Waals surface area contributed by atoms with Crippen LogP contribution in [0.15, 0.2) is 72.8 Å². The molecule has 3 atom stereocenters. The molecule has 7 nitrogen and oxygen atoms in total. The molecule has 2 aliphatic heterocycles. The van der Waals surface area contributed by atoms with Gasteiger partial charge in [-0.1, -0.05) is 48.5 Å². The van der Waals surface area contributed by atoms with Gasteiger partial charge in [0.15, 0.2) is 0 Å². The molecule has 0 saturated carbocycles. The highest BCUT2D eigenvalue weighted by molar-refractivity contribution is 6.37. The van der Waals surface area contributed by atoms with E-state index in [4.69, 9.17) is 9.47 Å². The van der Waals surface area contributed by atoms with Crippen molar-refractivity contribution in [3.63, 3.8) is 0 Å². The predicted octanol–water partition coefficient (Wildman–Crippen LogP) is 3.53. The smallest absolute Gasteiger partial charge is 0.241 e. The molecule has 35 heavy (non-hydrogen) atoms. The highest BCUT2D eigenvalue weighted by atomic mass is 19.1. The third-order valence-corrected chi connectivity index (χ3v) is 7.06. The summed E-state index contributed by atoms with van der Waals surface area (Å²) in [5.41, 5.74) is -1.67. The number of ether oxygens (including phenoxy) is 2. The zero-order valence-electron chi connectivity index (χ0n) is 18.4. The van der Waals surface area contributed by atoms with Crippen molar-refractivity contribution in [1.82, 2.24) is 0 Å². The van der Waals surface area contributed by atoms with Crippen LogP contribution in [0.4, 0.5) is 10.1 Å². The highest BCUT2D eigenvalue weighted by Crippen LogP contribution is 2.57. The number of amides is 2. The molecule has 0 N–H and O–H groups in total. The van der Waals surface area contributed by atoms with E-state index >= 15 is 0 Å². The number of methoxy groups -OCH3 is 1. The Balaban J connectivity index is 1.54. The minimum absolute atomic E-state index is 0.135. The molecule has 0 radical (unpaired) electrons. The van der Waals surface area contributed by atoms with Gasteiger partial charge in [0.25, 0.3) is 0 Å². The van der Waals surface area contributed by atoms with Gasteiger partial charge in [-0.25, -0.2) is 9.29 Å². The molecule has 1 aliphatic carbocycles. The van der Waals surface area contributed by atoms with Crippen LogP contribution in [0.25, 0.3) is 0 Å². The Morgan fingerprint density at radius 2 is 1.43 bits per heavy atom. The first-order valence-corrected chi connectivity index (χ1v) is 11.0. The van der Waals surface area contributed by atoms with Gasteiger partial charge in [-0.05, 0) is 29.8 Å². The Hall–Kier alpha value is -4.17. The topological polar surface area (TPSA) is 90.0 Å². The van der Waals surface area contributed by atoms with E-state index in [-0.39, 0.29) is 16.8 Å². The number of hydrogen-bond acceptors (Lipinski definition) is 6. The van der Waals surface area contributed by atoms with Crippen LogP contribution >= 0.6 is 0 Å². The summed E-state index contributed by atoms with van der Waals surface area (Å²) in [5.74, 6) is -5.74. The molecule has 2 heterocycles. The summed E-state index contributed by atoms with van der Waals surface area (Å²) in [4.78, 5) is 55.6. The van der Waals surface area contributed by atoms with Gasteiger partial charge in [0, 0.05) is 11.1 Å². The van der Waals surface area contributed by atoms with Gasteiger partial charge in [-0.2, -0.15) is 0 Å². The van der Waals surface area contributed by atoms with Crippen LogP contribution in [-0.4, -0.2) is 36.1 Å². The molecule has 2 fully saturated rings. The van der Waals surface area contributed by atoms with Crippen molar-refractivity contribution in [3.8, 4) is 5.75 Å². The number of Topliss-reactive ketones (excluding diaryl/α,β-unsaturated/α-hetero) is 2. The minimum atomic E-state index is -2.20. The lowest BCUT2D eigenvalue weighted by Crippen LogP contribution is -2.51. The largest absolute Gasteiger partial charge is 0.497 e. The average molecular weight is 471 g/mol.